The van der Waals surface area contributed by atoms with Crippen molar-refractivity contribution in [1.29, 1.82) is 0 Å². The molecule has 0 radical (unpaired) electrons. The molecule has 2 heteroatoms. The summed E-state index contributed by atoms with van der Waals surface area (Å²) >= 11 is -2.01. The summed E-state index contributed by atoms with van der Waals surface area (Å²) in [6.45, 7) is 4.40. The first-order valence-electron chi connectivity index (χ1n) is 5.43. The summed E-state index contributed by atoms with van der Waals surface area (Å²) in [5.41, 5.74) is -0.389. The van der Waals surface area contributed by atoms with Gasteiger partial charge in [0.15, 0.2) is 0 Å². The molecule has 1 aliphatic carbocycles. The standard InChI is InChI=1S/C8H15O.3CH3.Sn/c1-7-5-3-4-6-8(7,2)9;;;;/h9H,3-6H2,1-2H3;3*1H3;/t8-;;;;/m0..../s1. The molecule has 0 amide bonds. The Kier molecular flexibility index (Phi) is 3.10. The van der Waals surface area contributed by atoms with Gasteiger partial charge in [-0.25, -0.2) is 0 Å². The molecule has 1 N–H and O–H groups in total. The molecule has 0 aromatic carbocycles. The van der Waals surface area contributed by atoms with Crippen molar-refractivity contribution in [2.24, 2.45) is 0 Å². The average molecular weight is 291 g/mol. The van der Waals surface area contributed by atoms with E-state index in [9.17, 15) is 5.11 Å². The SMILES string of the molecule is C[C@]1(O)CCCC[C@]1(C)[Sn]([CH3])([CH3])[CH3]. The predicted molar refractivity (Wildman–Crippen MR) is 60.8 cm³/mol. The fraction of sp³-hybridized carbons (Fsp3) is 1.00. The van der Waals surface area contributed by atoms with E-state index in [0.29, 0.717) is 0 Å². The molecule has 0 unspecified atom stereocenters. The number of hydrogen-bond donors (Lipinski definition) is 1. The Balaban J connectivity index is 2.98. The first-order chi connectivity index (χ1) is 5.71. The van der Waals surface area contributed by atoms with Gasteiger partial charge in [0.05, 0.1) is 0 Å². The van der Waals surface area contributed by atoms with Gasteiger partial charge in [0.25, 0.3) is 0 Å². The second-order valence-electron chi connectivity index (χ2n) is 6.06. The van der Waals surface area contributed by atoms with Crippen molar-refractivity contribution in [1.82, 2.24) is 0 Å². The molecular weight excluding hydrogens is 267 g/mol. The molecule has 0 heterocycles. The van der Waals surface area contributed by atoms with E-state index in [1.807, 2.05) is 0 Å². The molecule has 0 saturated heterocycles. The van der Waals surface area contributed by atoms with Crippen molar-refractivity contribution < 1.29 is 5.11 Å². The van der Waals surface area contributed by atoms with Gasteiger partial charge < -0.3 is 0 Å². The third-order valence-electron chi connectivity index (χ3n) is 4.43. The van der Waals surface area contributed by atoms with Crippen LogP contribution >= 0.6 is 0 Å². The predicted octanol–water partition coefficient (Wildman–Crippen LogP) is 3.41. The monoisotopic (exact) mass is 292 g/mol. The van der Waals surface area contributed by atoms with Crippen LogP contribution < -0.4 is 0 Å². The minimum atomic E-state index is -2.01. The maximum absolute atomic E-state index is 10.5. The molecule has 1 rings (SSSR count). The van der Waals surface area contributed by atoms with E-state index in [1.165, 1.54) is 19.3 Å². The van der Waals surface area contributed by atoms with Crippen LogP contribution in [0.3, 0.4) is 0 Å². The van der Waals surface area contributed by atoms with Gasteiger partial charge in [-0.15, -0.1) is 0 Å². The van der Waals surface area contributed by atoms with E-state index in [4.69, 9.17) is 0 Å². The van der Waals surface area contributed by atoms with Gasteiger partial charge in [0.1, 0.15) is 0 Å². The van der Waals surface area contributed by atoms with E-state index in [2.05, 4.69) is 28.7 Å². The summed E-state index contributed by atoms with van der Waals surface area (Å²) < 4.78 is 0.278. The Morgan fingerprint density at radius 2 is 1.46 bits per heavy atom. The van der Waals surface area contributed by atoms with Crippen LogP contribution in [0.5, 0.6) is 0 Å². The van der Waals surface area contributed by atoms with Crippen molar-refractivity contribution in [3.05, 3.63) is 0 Å². The molecule has 0 bridgehead atoms. The number of rotatable bonds is 1. The number of hydrogen-bond acceptors (Lipinski definition) is 1. The molecule has 13 heavy (non-hydrogen) atoms. The summed E-state index contributed by atoms with van der Waals surface area (Å²) in [6, 6.07) is 0. The molecule has 0 aromatic heterocycles. The molecule has 0 aromatic rings. The maximum atomic E-state index is 10.5. The number of aliphatic hydroxyl groups is 1. The zero-order chi connectivity index (χ0) is 10.3. The molecule has 78 valence electrons. The summed E-state index contributed by atoms with van der Waals surface area (Å²) in [5.74, 6) is 0. The van der Waals surface area contributed by atoms with Gasteiger partial charge in [0.2, 0.25) is 0 Å². The van der Waals surface area contributed by atoms with Crippen LogP contribution in [0.2, 0.25) is 18.2 Å². The van der Waals surface area contributed by atoms with Gasteiger partial charge in [-0.3, -0.25) is 0 Å². The summed E-state index contributed by atoms with van der Waals surface area (Å²) in [4.78, 5) is 7.36. The van der Waals surface area contributed by atoms with Crippen LogP contribution in [0.25, 0.3) is 0 Å². The normalized spacial score (nSPS) is 42.0. The van der Waals surface area contributed by atoms with Crippen molar-refractivity contribution in [2.45, 2.75) is 63.4 Å². The van der Waals surface area contributed by atoms with Gasteiger partial charge >= 0.3 is 86.9 Å². The van der Waals surface area contributed by atoms with Crippen LogP contribution in [-0.4, -0.2) is 29.1 Å². The fourth-order valence-corrected chi connectivity index (χ4v) is 10.3. The Hall–Kier alpha value is 0.759. The first kappa shape index (κ1) is 11.8. The third-order valence-corrected chi connectivity index (χ3v) is 16.1. The molecule has 1 saturated carbocycles. The zero-order valence-electron chi connectivity index (χ0n) is 9.78. The zero-order valence-corrected chi connectivity index (χ0v) is 12.6. The van der Waals surface area contributed by atoms with Crippen molar-refractivity contribution >= 4 is 18.4 Å². The van der Waals surface area contributed by atoms with Gasteiger partial charge in [-0.1, -0.05) is 0 Å². The van der Waals surface area contributed by atoms with Gasteiger partial charge in [-0.05, 0) is 0 Å². The summed E-state index contributed by atoms with van der Waals surface area (Å²) in [5, 5.41) is 10.5. The van der Waals surface area contributed by atoms with Crippen LogP contribution in [0, 0.1) is 0 Å². The van der Waals surface area contributed by atoms with E-state index in [1.54, 1.807) is 0 Å². The third kappa shape index (κ3) is 1.92. The molecule has 0 spiro atoms. The van der Waals surface area contributed by atoms with Crippen LogP contribution in [0.4, 0.5) is 0 Å². The van der Waals surface area contributed by atoms with Crippen molar-refractivity contribution in [2.75, 3.05) is 0 Å². The second kappa shape index (κ2) is 3.41. The summed E-state index contributed by atoms with van der Waals surface area (Å²) in [7, 11) is 0. The van der Waals surface area contributed by atoms with Crippen LogP contribution in [-0.2, 0) is 0 Å². The molecule has 0 aliphatic heterocycles. The molecule has 1 aliphatic rings. The quantitative estimate of drug-likeness (QED) is 0.734. The van der Waals surface area contributed by atoms with Crippen molar-refractivity contribution in [3.63, 3.8) is 0 Å². The topological polar surface area (TPSA) is 20.2 Å². The Morgan fingerprint density at radius 3 is 1.77 bits per heavy atom. The minimum absolute atomic E-state index is 0.278. The van der Waals surface area contributed by atoms with E-state index in [-0.39, 0.29) is 9.03 Å². The van der Waals surface area contributed by atoms with E-state index >= 15 is 0 Å². The fourth-order valence-electron chi connectivity index (χ4n) is 2.68. The molecule has 2 atom stereocenters. The summed E-state index contributed by atoms with van der Waals surface area (Å²) in [6.07, 6.45) is 4.79. The molecule has 1 fully saturated rings. The van der Waals surface area contributed by atoms with Gasteiger partial charge in [0, 0.05) is 0 Å². The van der Waals surface area contributed by atoms with E-state index in [0.717, 1.165) is 6.42 Å². The Labute approximate surface area is 86.8 Å². The van der Waals surface area contributed by atoms with Crippen LogP contribution in [0.15, 0.2) is 0 Å². The van der Waals surface area contributed by atoms with Crippen molar-refractivity contribution in [3.8, 4) is 0 Å². The first-order valence-corrected chi connectivity index (χ1v) is 15.4. The Morgan fingerprint density at radius 1 is 1.00 bits per heavy atom. The Bertz CT molecular complexity index is 193. The second-order valence-corrected chi connectivity index (χ2v) is 22.1. The molecule has 1 nitrogen and oxygen atoms in total. The molecular formula is C11H24OSn. The van der Waals surface area contributed by atoms with Crippen LogP contribution in [0.1, 0.15) is 39.5 Å². The average Bonchev–Trinajstić information content (AvgIpc) is 1.93. The van der Waals surface area contributed by atoms with Gasteiger partial charge in [-0.2, -0.15) is 0 Å². The van der Waals surface area contributed by atoms with E-state index < -0.39 is 18.4 Å².